The van der Waals surface area contributed by atoms with Gasteiger partial charge in [-0.05, 0) is 84.4 Å². The first-order valence-electron chi connectivity index (χ1n) is 14.2. The van der Waals surface area contributed by atoms with Crippen molar-refractivity contribution < 1.29 is 24.9 Å². The number of rotatable bonds is 9. The van der Waals surface area contributed by atoms with E-state index in [2.05, 4.69) is 4.98 Å². The molecule has 0 radical (unpaired) electrons. The van der Waals surface area contributed by atoms with E-state index in [0.29, 0.717) is 30.5 Å². The van der Waals surface area contributed by atoms with Gasteiger partial charge < -0.3 is 15.3 Å². The number of phenolic OH excluding ortho intramolecular Hbond substituents is 1. The van der Waals surface area contributed by atoms with Crippen molar-refractivity contribution in [3.63, 3.8) is 0 Å². The van der Waals surface area contributed by atoms with Crippen LogP contribution in [0.4, 0.5) is 5.69 Å². The SMILES string of the molecule is CC(C)C1=C([C@H](O)CC/C(=C/c2ccc(O)cc2)c2ccccn2)[C@H](CO)[C@@H]2C(=O)N(c3ccccc3)C(=O)[C@@H]2C1. The van der Waals surface area contributed by atoms with Crippen LogP contribution < -0.4 is 4.90 Å². The van der Waals surface area contributed by atoms with Crippen molar-refractivity contribution in [2.24, 2.45) is 23.7 Å². The van der Waals surface area contributed by atoms with E-state index in [1.165, 1.54) is 4.90 Å². The lowest BCUT2D eigenvalue weighted by molar-refractivity contribution is -0.123. The minimum atomic E-state index is -0.911. The lowest BCUT2D eigenvalue weighted by Gasteiger charge is -2.38. The standard InChI is InChI=1S/C34H36N2O5/c1-21(2)26-19-27-32(34(41)36(33(27)40)24-8-4-3-5-9-24)28(20-37)31(26)30(39)16-13-23(29-10-6-7-17-35-29)18-22-11-14-25(38)15-12-22/h3-12,14-15,17-18,21,27-28,30,32,37-39H,13,16,19-20H2,1-2H3/b23-18-/t27-,28+,30-,32-/m1/s1. The van der Waals surface area contributed by atoms with Crippen LogP contribution in [0.15, 0.2) is 90.1 Å². The Morgan fingerprint density at radius 3 is 2.34 bits per heavy atom. The first-order chi connectivity index (χ1) is 19.8. The van der Waals surface area contributed by atoms with E-state index in [4.69, 9.17) is 0 Å². The summed E-state index contributed by atoms with van der Waals surface area (Å²) in [5.41, 5.74) is 4.74. The van der Waals surface area contributed by atoms with Gasteiger partial charge in [0.05, 0.1) is 35.9 Å². The van der Waals surface area contributed by atoms with Crippen LogP contribution in [0.3, 0.4) is 0 Å². The number of phenols is 1. The Balaban J connectivity index is 1.45. The van der Waals surface area contributed by atoms with Gasteiger partial charge >= 0.3 is 0 Å². The number of nitrogens with zero attached hydrogens (tertiary/aromatic N) is 2. The predicted molar refractivity (Wildman–Crippen MR) is 158 cm³/mol. The number of aromatic hydroxyl groups is 1. The zero-order valence-corrected chi connectivity index (χ0v) is 23.4. The van der Waals surface area contributed by atoms with Crippen LogP contribution in [0.5, 0.6) is 5.75 Å². The fraction of sp³-hybridized carbons (Fsp3) is 0.324. The highest BCUT2D eigenvalue weighted by Gasteiger charge is 2.55. The van der Waals surface area contributed by atoms with Crippen LogP contribution in [0.1, 0.15) is 44.4 Å². The number of allylic oxidation sites excluding steroid dienone is 2. The largest absolute Gasteiger partial charge is 0.508 e. The second-order valence-electron chi connectivity index (χ2n) is 11.1. The number of aromatic nitrogens is 1. The first-order valence-corrected chi connectivity index (χ1v) is 14.2. The van der Waals surface area contributed by atoms with Crippen molar-refractivity contribution in [1.82, 2.24) is 4.98 Å². The molecule has 212 valence electrons. The van der Waals surface area contributed by atoms with Gasteiger partial charge in [-0.25, -0.2) is 0 Å². The normalized spacial score (nSPS) is 21.9. The first kappa shape index (κ1) is 28.5. The van der Waals surface area contributed by atoms with Crippen LogP contribution in [0.25, 0.3) is 11.6 Å². The molecule has 2 aromatic carbocycles. The minimum Gasteiger partial charge on any atom is -0.508 e. The summed E-state index contributed by atoms with van der Waals surface area (Å²) < 4.78 is 0. The maximum Gasteiger partial charge on any atom is 0.238 e. The Kier molecular flexibility index (Phi) is 8.47. The van der Waals surface area contributed by atoms with Crippen molar-refractivity contribution in [3.8, 4) is 5.75 Å². The van der Waals surface area contributed by atoms with Gasteiger partial charge in [0, 0.05) is 12.1 Å². The number of pyridine rings is 1. The van der Waals surface area contributed by atoms with Gasteiger partial charge in [0.1, 0.15) is 5.75 Å². The topological polar surface area (TPSA) is 111 Å². The molecule has 1 fully saturated rings. The summed E-state index contributed by atoms with van der Waals surface area (Å²) in [6, 6.07) is 21.5. The predicted octanol–water partition coefficient (Wildman–Crippen LogP) is 5.24. The van der Waals surface area contributed by atoms with Gasteiger partial charge in [0.15, 0.2) is 0 Å². The number of hydrogen-bond acceptors (Lipinski definition) is 6. The molecule has 0 spiro atoms. The lowest BCUT2D eigenvalue weighted by Crippen LogP contribution is -2.39. The number of imide groups is 1. The third-order valence-corrected chi connectivity index (χ3v) is 8.30. The summed E-state index contributed by atoms with van der Waals surface area (Å²) in [4.78, 5) is 33.0. The summed E-state index contributed by atoms with van der Waals surface area (Å²) in [5.74, 6) is -2.28. The molecule has 0 saturated carbocycles. The number of anilines is 1. The van der Waals surface area contributed by atoms with Crippen molar-refractivity contribution in [3.05, 3.63) is 101 Å². The molecule has 5 rings (SSSR count). The fourth-order valence-corrected chi connectivity index (χ4v) is 6.32. The maximum atomic E-state index is 13.7. The molecule has 41 heavy (non-hydrogen) atoms. The number of para-hydroxylation sites is 1. The van der Waals surface area contributed by atoms with E-state index in [1.807, 2.05) is 56.3 Å². The number of aliphatic hydroxyl groups is 2. The summed E-state index contributed by atoms with van der Waals surface area (Å²) >= 11 is 0. The summed E-state index contributed by atoms with van der Waals surface area (Å²) in [6.07, 6.45) is 4.03. The van der Waals surface area contributed by atoms with E-state index >= 15 is 0 Å². The molecule has 1 saturated heterocycles. The number of amides is 2. The molecule has 2 amide bonds. The average Bonchev–Trinajstić information content (AvgIpc) is 3.24. The van der Waals surface area contributed by atoms with E-state index in [-0.39, 0.29) is 30.1 Å². The Morgan fingerprint density at radius 2 is 1.71 bits per heavy atom. The molecule has 0 unspecified atom stereocenters. The van der Waals surface area contributed by atoms with Gasteiger partial charge in [-0.2, -0.15) is 0 Å². The Morgan fingerprint density at radius 1 is 1.00 bits per heavy atom. The van der Waals surface area contributed by atoms with Gasteiger partial charge in [-0.3, -0.25) is 19.5 Å². The van der Waals surface area contributed by atoms with Gasteiger partial charge in [0.2, 0.25) is 11.8 Å². The van der Waals surface area contributed by atoms with Crippen molar-refractivity contribution >= 4 is 29.2 Å². The molecule has 7 heteroatoms. The highest BCUT2D eigenvalue weighted by Crippen LogP contribution is 2.48. The molecular formula is C34H36N2O5. The van der Waals surface area contributed by atoms with Crippen molar-refractivity contribution in [2.75, 3.05) is 11.5 Å². The number of benzene rings is 2. The van der Waals surface area contributed by atoms with Crippen LogP contribution in [-0.2, 0) is 9.59 Å². The molecule has 1 aliphatic carbocycles. The van der Waals surface area contributed by atoms with Gasteiger partial charge in [-0.15, -0.1) is 0 Å². The highest BCUT2D eigenvalue weighted by atomic mass is 16.3. The van der Waals surface area contributed by atoms with Gasteiger partial charge in [-0.1, -0.05) is 55.8 Å². The molecule has 3 aromatic rings. The third kappa shape index (κ3) is 5.73. The molecule has 2 aliphatic rings. The van der Waals surface area contributed by atoms with E-state index < -0.39 is 23.9 Å². The molecular weight excluding hydrogens is 516 g/mol. The molecule has 4 atom stereocenters. The van der Waals surface area contributed by atoms with E-state index in [0.717, 1.165) is 22.4 Å². The summed E-state index contributed by atoms with van der Waals surface area (Å²) in [7, 11) is 0. The average molecular weight is 553 g/mol. The van der Waals surface area contributed by atoms with Gasteiger partial charge in [0.25, 0.3) is 0 Å². The van der Waals surface area contributed by atoms with Crippen molar-refractivity contribution in [2.45, 2.75) is 39.2 Å². The summed E-state index contributed by atoms with van der Waals surface area (Å²) in [6.45, 7) is 3.72. The zero-order chi connectivity index (χ0) is 29.1. The smallest absolute Gasteiger partial charge is 0.238 e. The van der Waals surface area contributed by atoms with E-state index in [9.17, 15) is 24.9 Å². The Hall–Kier alpha value is -4.07. The fourth-order valence-electron chi connectivity index (χ4n) is 6.32. The molecule has 3 N–H and O–H groups in total. The summed E-state index contributed by atoms with van der Waals surface area (Å²) in [5, 5.41) is 32.0. The van der Waals surface area contributed by atoms with Crippen LogP contribution in [0, 0.1) is 23.7 Å². The molecule has 2 heterocycles. The number of fused-ring (bicyclic) bond motifs is 1. The quantitative estimate of drug-likeness (QED) is 0.247. The molecule has 0 bridgehead atoms. The second-order valence-corrected chi connectivity index (χ2v) is 11.1. The number of carbonyl (C=O) groups is 2. The Labute approximate surface area is 240 Å². The zero-order valence-electron chi connectivity index (χ0n) is 23.4. The van der Waals surface area contributed by atoms with E-state index in [1.54, 1.807) is 42.6 Å². The number of carbonyl (C=O) groups excluding carboxylic acids is 2. The molecule has 1 aromatic heterocycles. The number of hydrogen-bond donors (Lipinski definition) is 3. The minimum absolute atomic E-state index is 0.0335. The Bertz CT molecular complexity index is 1450. The lowest BCUT2D eigenvalue weighted by atomic mass is 9.66. The van der Waals surface area contributed by atoms with Crippen LogP contribution in [0.2, 0.25) is 0 Å². The third-order valence-electron chi connectivity index (χ3n) is 8.30. The van der Waals surface area contributed by atoms with Crippen LogP contribution >= 0.6 is 0 Å². The number of aliphatic hydroxyl groups excluding tert-OH is 2. The second kappa shape index (κ2) is 12.2. The highest BCUT2D eigenvalue weighted by molar-refractivity contribution is 6.22. The van der Waals surface area contributed by atoms with Crippen molar-refractivity contribution in [1.29, 1.82) is 0 Å². The molecule has 7 nitrogen and oxygen atoms in total. The van der Waals surface area contributed by atoms with Crippen LogP contribution in [-0.4, -0.2) is 44.8 Å². The molecule has 1 aliphatic heterocycles. The monoisotopic (exact) mass is 552 g/mol. The maximum absolute atomic E-state index is 13.7.